The highest BCUT2D eigenvalue weighted by molar-refractivity contribution is 8.12. The van der Waals surface area contributed by atoms with Crippen LogP contribution in [0.4, 0.5) is 4.79 Å². The summed E-state index contributed by atoms with van der Waals surface area (Å²) in [7, 11) is 1.64. The van der Waals surface area contributed by atoms with E-state index in [2.05, 4.69) is 5.32 Å². The van der Waals surface area contributed by atoms with Gasteiger partial charge in [0.2, 0.25) is 0 Å². The highest BCUT2D eigenvalue weighted by Gasteiger charge is 1.98. The summed E-state index contributed by atoms with van der Waals surface area (Å²) in [4.78, 5) is 10.8. The van der Waals surface area contributed by atoms with E-state index in [0.717, 1.165) is 5.75 Å². The summed E-state index contributed by atoms with van der Waals surface area (Å²) in [6, 6.07) is 9.93. The number of amides is 1. The molecule has 0 aliphatic carbocycles. The molecule has 0 aliphatic heterocycles. The van der Waals surface area contributed by atoms with Crippen LogP contribution in [-0.2, 0) is 5.75 Å². The molecule has 1 rings (SSSR count). The summed E-state index contributed by atoms with van der Waals surface area (Å²) in [6.45, 7) is 0. The number of carbonyl (C=O) groups is 1. The molecular weight excluding hydrogens is 170 g/mol. The van der Waals surface area contributed by atoms with Gasteiger partial charge in [-0.05, 0) is 5.56 Å². The van der Waals surface area contributed by atoms with E-state index in [1.54, 1.807) is 7.05 Å². The van der Waals surface area contributed by atoms with Crippen molar-refractivity contribution in [3.05, 3.63) is 35.9 Å². The Hall–Kier alpha value is -0.960. The predicted octanol–water partition coefficient (Wildman–Crippen LogP) is 2.26. The van der Waals surface area contributed by atoms with Crippen molar-refractivity contribution in [3.8, 4) is 0 Å². The molecule has 64 valence electrons. The van der Waals surface area contributed by atoms with Crippen LogP contribution in [0.3, 0.4) is 0 Å². The Kier molecular flexibility index (Phi) is 3.67. The smallest absolute Gasteiger partial charge is 0.279 e. The Balaban J connectivity index is 2.38. The molecule has 0 saturated carbocycles. The fourth-order valence-electron chi connectivity index (χ4n) is 0.795. The van der Waals surface area contributed by atoms with Gasteiger partial charge in [0, 0.05) is 12.8 Å². The van der Waals surface area contributed by atoms with Crippen molar-refractivity contribution in [3.63, 3.8) is 0 Å². The van der Waals surface area contributed by atoms with Crippen molar-refractivity contribution >= 4 is 17.0 Å². The van der Waals surface area contributed by atoms with Gasteiger partial charge >= 0.3 is 0 Å². The fraction of sp³-hybridized carbons (Fsp3) is 0.222. The molecule has 12 heavy (non-hydrogen) atoms. The number of hydrogen-bond donors (Lipinski definition) is 1. The largest absolute Gasteiger partial charge is 0.350 e. The molecule has 0 atom stereocenters. The van der Waals surface area contributed by atoms with Gasteiger partial charge in [0.15, 0.2) is 0 Å². The van der Waals surface area contributed by atoms with Crippen molar-refractivity contribution in [1.82, 2.24) is 5.32 Å². The van der Waals surface area contributed by atoms with Crippen molar-refractivity contribution in [2.75, 3.05) is 7.05 Å². The van der Waals surface area contributed by atoms with Crippen LogP contribution in [0.5, 0.6) is 0 Å². The average Bonchev–Trinajstić information content (AvgIpc) is 2.16. The quantitative estimate of drug-likeness (QED) is 0.758. The summed E-state index contributed by atoms with van der Waals surface area (Å²) in [5, 5.41) is 2.57. The second-order valence-electron chi connectivity index (χ2n) is 2.31. The third-order valence-electron chi connectivity index (χ3n) is 1.42. The molecule has 0 heterocycles. The summed E-state index contributed by atoms with van der Waals surface area (Å²) < 4.78 is 0. The Labute approximate surface area is 76.4 Å². The van der Waals surface area contributed by atoms with E-state index < -0.39 is 0 Å². The summed E-state index contributed by atoms with van der Waals surface area (Å²) in [5.74, 6) is 0.737. The van der Waals surface area contributed by atoms with Gasteiger partial charge < -0.3 is 5.32 Å². The summed E-state index contributed by atoms with van der Waals surface area (Å²) in [5.41, 5.74) is 1.17. The van der Waals surface area contributed by atoms with Crippen LogP contribution in [0, 0.1) is 0 Å². The zero-order chi connectivity index (χ0) is 8.81. The van der Waals surface area contributed by atoms with E-state index >= 15 is 0 Å². The highest BCUT2D eigenvalue weighted by atomic mass is 32.2. The lowest BCUT2D eigenvalue weighted by molar-refractivity contribution is 0.262. The molecule has 1 aromatic carbocycles. The van der Waals surface area contributed by atoms with E-state index in [4.69, 9.17) is 0 Å². The van der Waals surface area contributed by atoms with E-state index in [1.165, 1.54) is 17.3 Å². The van der Waals surface area contributed by atoms with Gasteiger partial charge in [-0.1, -0.05) is 42.1 Å². The monoisotopic (exact) mass is 181 g/mol. The van der Waals surface area contributed by atoms with Gasteiger partial charge in [0.1, 0.15) is 0 Å². The SMILES string of the molecule is CNC(=O)SCc1ccccc1. The minimum Gasteiger partial charge on any atom is -0.350 e. The molecule has 0 spiro atoms. The Bertz CT molecular complexity index is 248. The van der Waals surface area contributed by atoms with Crippen molar-refractivity contribution in [2.24, 2.45) is 0 Å². The predicted molar refractivity (Wildman–Crippen MR) is 52.2 cm³/mol. The van der Waals surface area contributed by atoms with Crippen LogP contribution in [0.25, 0.3) is 0 Å². The lowest BCUT2D eigenvalue weighted by Crippen LogP contribution is -2.11. The van der Waals surface area contributed by atoms with E-state index in [-0.39, 0.29) is 5.24 Å². The van der Waals surface area contributed by atoms with Gasteiger partial charge in [0.25, 0.3) is 5.24 Å². The maximum absolute atomic E-state index is 10.8. The number of carbonyl (C=O) groups excluding carboxylic acids is 1. The lowest BCUT2D eigenvalue weighted by Gasteiger charge is -1.98. The number of thioether (sulfide) groups is 1. The van der Waals surface area contributed by atoms with Gasteiger partial charge in [-0.25, -0.2) is 0 Å². The molecule has 0 saturated heterocycles. The molecule has 0 radical (unpaired) electrons. The first-order valence-electron chi connectivity index (χ1n) is 3.71. The van der Waals surface area contributed by atoms with Crippen LogP contribution in [-0.4, -0.2) is 12.3 Å². The maximum atomic E-state index is 10.8. The first-order chi connectivity index (χ1) is 5.83. The standard InChI is InChI=1S/C9H11NOS/c1-10-9(11)12-7-8-5-3-2-4-6-8/h2-6H,7H2,1H3,(H,10,11). The van der Waals surface area contributed by atoms with Gasteiger partial charge in [-0.3, -0.25) is 4.79 Å². The molecule has 0 fully saturated rings. The number of benzene rings is 1. The second-order valence-corrected chi connectivity index (χ2v) is 3.26. The topological polar surface area (TPSA) is 29.1 Å². The molecule has 0 bridgehead atoms. The Morgan fingerprint density at radius 1 is 1.42 bits per heavy atom. The van der Waals surface area contributed by atoms with Crippen LogP contribution >= 0.6 is 11.8 Å². The molecule has 0 unspecified atom stereocenters. The van der Waals surface area contributed by atoms with Crippen LogP contribution in [0.2, 0.25) is 0 Å². The van der Waals surface area contributed by atoms with Crippen LogP contribution in [0.15, 0.2) is 30.3 Å². The Morgan fingerprint density at radius 2 is 2.08 bits per heavy atom. The third kappa shape index (κ3) is 2.96. The van der Waals surface area contributed by atoms with Crippen molar-refractivity contribution in [2.45, 2.75) is 5.75 Å². The number of nitrogens with one attached hydrogen (secondary N) is 1. The summed E-state index contributed by atoms with van der Waals surface area (Å²) in [6.07, 6.45) is 0. The molecule has 3 heteroatoms. The zero-order valence-electron chi connectivity index (χ0n) is 6.91. The number of hydrogen-bond acceptors (Lipinski definition) is 2. The molecule has 0 aromatic heterocycles. The Morgan fingerprint density at radius 3 is 2.67 bits per heavy atom. The fourth-order valence-corrected chi connectivity index (χ4v) is 1.43. The molecule has 1 amide bonds. The highest BCUT2D eigenvalue weighted by Crippen LogP contribution is 2.11. The molecular formula is C9H11NOS. The average molecular weight is 181 g/mol. The van der Waals surface area contributed by atoms with Crippen LogP contribution < -0.4 is 5.32 Å². The third-order valence-corrected chi connectivity index (χ3v) is 2.36. The second kappa shape index (κ2) is 4.83. The number of rotatable bonds is 2. The van der Waals surface area contributed by atoms with E-state index in [0.29, 0.717) is 0 Å². The minimum atomic E-state index is 0.0128. The van der Waals surface area contributed by atoms with Crippen LogP contribution in [0.1, 0.15) is 5.56 Å². The van der Waals surface area contributed by atoms with Gasteiger partial charge in [-0.15, -0.1) is 0 Å². The first-order valence-corrected chi connectivity index (χ1v) is 4.70. The van der Waals surface area contributed by atoms with Crippen molar-refractivity contribution in [1.29, 1.82) is 0 Å². The first kappa shape index (κ1) is 9.13. The zero-order valence-corrected chi connectivity index (χ0v) is 7.73. The molecule has 2 nitrogen and oxygen atoms in total. The van der Waals surface area contributed by atoms with E-state index in [9.17, 15) is 4.79 Å². The lowest BCUT2D eigenvalue weighted by atomic mass is 10.2. The maximum Gasteiger partial charge on any atom is 0.279 e. The molecule has 1 aromatic rings. The van der Waals surface area contributed by atoms with Gasteiger partial charge in [-0.2, -0.15) is 0 Å². The van der Waals surface area contributed by atoms with Crippen molar-refractivity contribution < 1.29 is 4.79 Å². The van der Waals surface area contributed by atoms with E-state index in [1.807, 2.05) is 30.3 Å². The summed E-state index contributed by atoms with van der Waals surface area (Å²) >= 11 is 1.28. The minimum absolute atomic E-state index is 0.0128. The molecule has 0 aliphatic rings. The van der Waals surface area contributed by atoms with Gasteiger partial charge in [0.05, 0.1) is 0 Å². The normalized spacial score (nSPS) is 9.42. The molecule has 1 N–H and O–H groups in total.